The lowest BCUT2D eigenvalue weighted by molar-refractivity contribution is -0.121. The van der Waals surface area contributed by atoms with Gasteiger partial charge in [0.2, 0.25) is 5.91 Å². The Morgan fingerprint density at radius 2 is 1.89 bits per heavy atom. The summed E-state index contributed by atoms with van der Waals surface area (Å²) in [6, 6.07) is 7.42. The molecule has 4 heteroatoms. The maximum absolute atomic E-state index is 11.7. The zero-order chi connectivity index (χ0) is 14.3. The molecule has 0 saturated heterocycles. The molecule has 0 radical (unpaired) electrons. The van der Waals surface area contributed by atoms with Crippen molar-refractivity contribution in [3.8, 4) is 5.75 Å². The van der Waals surface area contributed by atoms with Crippen molar-refractivity contribution in [3.63, 3.8) is 0 Å². The van der Waals surface area contributed by atoms with Gasteiger partial charge in [-0.3, -0.25) is 4.79 Å². The van der Waals surface area contributed by atoms with Gasteiger partial charge >= 0.3 is 0 Å². The summed E-state index contributed by atoms with van der Waals surface area (Å²) >= 11 is 0. The van der Waals surface area contributed by atoms with Gasteiger partial charge in [0.05, 0.1) is 18.4 Å². The first kappa shape index (κ1) is 15.5. The standard InChI is InChI=1S/C15H23NO3/c1-11(2)9-19-14-8-6-5-7-13(14)16-15(17)10-18-12(3)4/h5-8,11-12H,9-10H2,1-4H3,(H,16,17). The molecule has 0 saturated carbocycles. The fraction of sp³-hybridized carbons (Fsp3) is 0.533. The molecule has 0 aromatic heterocycles. The van der Waals surface area contributed by atoms with Crippen molar-refractivity contribution in [2.75, 3.05) is 18.5 Å². The molecule has 1 N–H and O–H groups in total. The number of para-hydroxylation sites is 2. The van der Waals surface area contributed by atoms with E-state index in [4.69, 9.17) is 9.47 Å². The Morgan fingerprint density at radius 1 is 1.21 bits per heavy atom. The highest BCUT2D eigenvalue weighted by Crippen LogP contribution is 2.24. The minimum absolute atomic E-state index is 0.0400. The molecule has 0 fully saturated rings. The van der Waals surface area contributed by atoms with Crippen molar-refractivity contribution in [2.45, 2.75) is 33.8 Å². The third kappa shape index (κ3) is 6.25. The van der Waals surface area contributed by atoms with Crippen LogP contribution in [-0.2, 0) is 9.53 Å². The number of benzene rings is 1. The van der Waals surface area contributed by atoms with Gasteiger partial charge in [-0.1, -0.05) is 26.0 Å². The van der Waals surface area contributed by atoms with Gasteiger partial charge in [-0.15, -0.1) is 0 Å². The highest BCUT2D eigenvalue weighted by molar-refractivity contribution is 5.93. The topological polar surface area (TPSA) is 47.6 Å². The second-order valence-electron chi connectivity index (χ2n) is 5.11. The molecule has 1 aromatic rings. The lowest BCUT2D eigenvalue weighted by Gasteiger charge is -2.14. The molecule has 1 amide bonds. The van der Waals surface area contributed by atoms with Crippen LogP contribution in [0, 0.1) is 5.92 Å². The van der Waals surface area contributed by atoms with Crippen LogP contribution in [0.5, 0.6) is 5.75 Å². The summed E-state index contributed by atoms with van der Waals surface area (Å²) in [7, 11) is 0. The van der Waals surface area contributed by atoms with E-state index in [1.807, 2.05) is 38.1 Å². The summed E-state index contributed by atoms with van der Waals surface area (Å²) < 4.78 is 10.9. The molecule has 0 atom stereocenters. The number of hydrogen-bond donors (Lipinski definition) is 1. The number of anilines is 1. The molecular weight excluding hydrogens is 242 g/mol. The van der Waals surface area contributed by atoms with Crippen molar-refractivity contribution in [2.24, 2.45) is 5.92 Å². The zero-order valence-corrected chi connectivity index (χ0v) is 12.1. The average Bonchev–Trinajstić information content (AvgIpc) is 2.35. The number of ether oxygens (including phenoxy) is 2. The molecule has 4 nitrogen and oxygen atoms in total. The molecule has 106 valence electrons. The van der Waals surface area contributed by atoms with E-state index >= 15 is 0 Å². The van der Waals surface area contributed by atoms with E-state index in [9.17, 15) is 4.79 Å². The van der Waals surface area contributed by atoms with E-state index in [0.717, 1.165) is 0 Å². The molecule has 0 aliphatic rings. The SMILES string of the molecule is CC(C)COc1ccccc1NC(=O)COC(C)C. The van der Waals surface area contributed by atoms with Gasteiger partial charge in [-0.25, -0.2) is 0 Å². The molecular formula is C15H23NO3. The summed E-state index contributed by atoms with van der Waals surface area (Å²) in [6.07, 6.45) is 0.0400. The third-order valence-corrected chi connectivity index (χ3v) is 2.28. The van der Waals surface area contributed by atoms with Crippen LogP contribution in [0.25, 0.3) is 0 Å². The van der Waals surface area contributed by atoms with Crippen LogP contribution >= 0.6 is 0 Å². The van der Waals surface area contributed by atoms with E-state index in [2.05, 4.69) is 19.2 Å². The predicted octanol–water partition coefficient (Wildman–Crippen LogP) is 3.08. The molecule has 0 aliphatic heterocycles. The van der Waals surface area contributed by atoms with E-state index in [1.54, 1.807) is 0 Å². The molecule has 0 bridgehead atoms. The lowest BCUT2D eigenvalue weighted by atomic mass is 10.2. The van der Waals surface area contributed by atoms with Crippen molar-refractivity contribution in [1.29, 1.82) is 0 Å². The number of hydrogen-bond acceptors (Lipinski definition) is 3. The van der Waals surface area contributed by atoms with Crippen molar-refractivity contribution < 1.29 is 14.3 Å². The van der Waals surface area contributed by atoms with Crippen LogP contribution in [0.1, 0.15) is 27.7 Å². The predicted molar refractivity (Wildman–Crippen MR) is 76.5 cm³/mol. The Morgan fingerprint density at radius 3 is 2.53 bits per heavy atom. The van der Waals surface area contributed by atoms with Crippen molar-refractivity contribution in [3.05, 3.63) is 24.3 Å². The molecule has 0 heterocycles. The molecule has 19 heavy (non-hydrogen) atoms. The fourth-order valence-electron chi connectivity index (χ4n) is 1.38. The smallest absolute Gasteiger partial charge is 0.250 e. The van der Waals surface area contributed by atoms with Crippen LogP contribution < -0.4 is 10.1 Å². The van der Waals surface area contributed by atoms with Gasteiger partial charge < -0.3 is 14.8 Å². The first-order chi connectivity index (χ1) is 8.99. The van der Waals surface area contributed by atoms with E-state index in [1.165, 1.54) is 0 Å². The first-order valence-corrected chi connectivity index (χ1v) is 6.62. The summed E-state index contributed by atoms with van der Waals surface area (Å²) in [4.78, 5) is 11.7. The Balaban J connectivity index is 2.59. The van der Waals surface area contributed by atoms with Crippen LogP contribution in [0.15, 0.2) is 24.3 Å². The van der Waals surface area contributed by atoms with Crippen molar-refractivity contribution in [1.82, 2.24) is 0 Å². The molecule has 0 unspecified atom stereocenters. The number of rotatable bonds is 7. The van der Waals surface area contributed by atoms with Gasteiger partial charge in [0, 0.05) is 0 Å². The van der Waals surface area contributed by atoms with E-state index in [0.29, 0.717) is 24.0 Å². The second-order valence-corrected chi connectivity index (χ2v) is 5.11. The fourth-order valence-corrected chi connectivity index (χ4v) is 1.38. The Kier molecular flexibility index (Phi) is 6.36. The highest BCUT2D eigenvalue weighted by atomic mass is 16.5. The molecule has 1 rings (SSSR count). The Hall–Kier alpha value is -1.55. The van der Waals surface area contributed by atoms with Crippen molar-refractivity contribution >= 4 is 11.6 Å². The van der Waals surface area contributed by atoms with Gasteiger partial charge in [0.15, 0.2) is 0 Å². The van der Waals surface area contributed by atoms with Gasteiger partial charge in [-0.05, 0) is 31.9 Å². The first-order valence-electron chi connectivity index (χ1n) is 6.62. The monoisotopic (exact) mass is 265 g/mol. The summed E-state index contributed by atoms with van der Waals surface area (Å²) in [5, 5.41) is 2.80. The summed E-state index contributed by atoms with van der Waals surface area (Å²) in [5.74, 6) is 0.955. The average molecular weight is 265 g/mol. The largest absolute Gasteiger partial charge is 0.491 e. The van der Waals surface area contributed by atoms with Gasteiger partial charge in [-0.2, -0.15) is 0 Å². The summed E-state index contributed by atoms with van der Waals surface area (Å²) in [5.41, 5.74) is 0.681. The number of amides is 1. The third-order valence-electron chi connectivity index (χ3n) is 2.28. The van der Waals surface area contributed by atoms with Crippen LogP contribution in [0.3, 0.4) is 0 Å². The minimum atomic E-state index is -0.172. The number of carbonyl (C=O) groups is 1. The van der Waals surface area contributed by atoms with E-state index < -0.39 is 0 Å². The maximum Gasteiger partial charge on any atom is 0.250 e. The molecule has 1 aromatic carbocycles. The number of carbonyl (C=O) groups excluding carboxylic acids is 1. The second kappa shape index (κ2) is 7.79. The van der Waals surface area contributed by atoms with Gasteiger partial charge in [0.1, 0.15) is 12.4 Å². The maximum atomic E-state index is 11.7. The Bertz CT molecular complexity index is 402. The number of nitrogens with one attached hydrogen (secondary N) is 1. The quantitative estimate of drug-likeness (QED) is 0.824. The van der Waals surface area contributed by atoms with Crippen LogP contribution in [-0.4, -0.2) is 25.2 Å². The lowest BCUT2D eigenvalue weighted by Crippen LogP contribution is -2.21. The van der Waals surface area contributed by atoms with Crippen LogP contribution in [0.4, 0.5) is 5.69 Å². The van der Waals surface area contributed by atoms with Crippen LogP contribution in [0.2, 0.25) is 0 Å². The minimum Gasteiger partial charge on any atom is -0.491 e. The zero-order valence-electron chi connectivity index (χ0n) is 12.1. The molecule has 0 aliphatic carbocycles. The van der Waals surface area contributed by atoms with Gasteiger partial charge in [0.25, 0.3) is 0 Å². The highest BCUT2D eigenvalue weighted by Gasteiger charge is 2.08. The van der Waals surface area contributed by atoms with E-state index in [-0.39, 0.29) is 18.6 Å². The summed E-state index contributed by atoms with van der Waals surface area (Å²) in [6.45, 7) is 8.63. The Labute approximate surface area is 115 Å². The normalized spacial score (nSPS) is 10.8. The molecule has 0 spiro atoms.